The molecular formula is C17H16N6O10. The first-order chi connectivity index (χ1) is 15.5. The largest absolute Gasteiger partial charge is 0.480 e. The number of benzene rings is 2. The number of non-ortho nitro benzene ring substituents is 2. The number of carboxylic acids is 1. The van der Waals surface area contributed by atoms with E-state index < -0.39 is 54.5 Å². The van der Waals surface area contributed by atoms with Crippen molar-refractivity contribution in [2.24, 2.45) is 0 Å². The van der Waals surface area contributed by atoms with Crippen LogP contribution in [0.4, 0.5) is 34.1 Å². The first-order valence-electron chi connectivity index (χ1n) is 9.10. The molecule has 0 amide bonds. The van der Waals surface area contributed by atoms with Crippen LogP contribution >= 0.6 is 0 Å². The van der Waals surface area contributed by atoms with Gasteiger partial charge in [-0.3, -0.25) is 40.5 Å². The third kappa shape index (κ3) is 6.29. The lowest BCUT2D eigenvalue weighted by molar-refractivity contribution is -0.393. The summed E-state index contributed by atoms with van der Waals surface area (Å²) in [6.45, 7) is 0.0481. The SMILES string of the molecule is O=C(O)[C@H](CCCNc1ccc([N+](=O)[O-])cc1[N+](=O)[O-])Nc1ccc([N+](=O)[O-])cc1[N+](=O)[O-]. The van der Waals surface area contributed by atoms with E-state index >= 15 is 0 Å². The van der Waals surface area contributed by atoms with Crippen LogP contribution < -0.4 is 10.6 Å². The Kier molecular flexibility index (Phi) is 7.70. The normalized spacial score (nSPS) is 11.3. The summed E-state index contributed by atoms with van der Waals surface area (Å²) in [4.78, 5) is 52.2. The van der Waals surface area contributed by atoms with Crippen LogP contribution in [0.3, 0.4) is 0 Å². The maximum atomic E-state index is 11.6. The summed E-state index contributed by atoms with van der Waals surface area (Å²) in [5.41, 5.74) is -2.43. The second kappa shape index (κ2) is 10.4. The Morgan fingerprint density at radius 1 is 0.818 bits per heavy atom. The highest BCUT2D eigenvalue weighted by atomic mass is 16.6. The highest BCUT2D eigenvalue weighted by molar-refractivity contribution is 5.79. The molecular weight excluding hydrogens is 448 g/mol. The molecule has 0 aliphatic carbocycles. The van der Waals surface area contributed by atoms with Crippen molar-refractivity contribution in [3.05, 3.63) is 76.9 Å². The van der Waals surface area contributed by atoms with Gasteiger partial charge in [0.1, 0.15) is 17.4 Å². The molecule has 0 saturated carbocycles. The predicted octanol–water partition coefficient (Wildman–Crippen LogP) is 3.08. The van der Waals surface area contributed by atoms with Crippen molar-refractivity contribution < 1.29 is 29.6 Å². The molecule has 174 valence electrons. The smallest absolute Gasteiger partial charge is 0.326 e. The average Bonchev–Trinajstić information content (AvgIpc) is 2.75. The van der Waals surface area contributed by atoms with Gasteiger partial charge in [0, 0.05) is 18.7 Å². The Morgan fingerprint density at radius 2 is 1.30 bits per heavy atom. The quantitative estimate of drug-likeness (QED) is 0.233. The van der Waals surface area contributed by atoms with Crippen molar-refractivity contribution in [1.82, 2.24) is 0 Å². The van der Waals surface area contributed by atoms with Crippen LogP contribution in [0.15, 0.2) is 36.4 Å². The van der Waals surface area contributed by atoms with Crippen molar-refractivity contribution in [2.45, 2.75) is 18.9 Å². The molecule has 0 saturated heterocycles. The van der Waals surface area contributed by atoms with Crippen molar-refractivity contribution in [3.63, 3.8) is 0 Å². The van der Waals surface area contributed by atoms with E-state index in [1.165, 1.54) is 0 Å². The molecule has 0 aliphatic rings. The molecule has 3 N–H and O–H groups in total. The minimum atomic E-state index is -1.34. The lowest BCUT2D eigenvalue weighted by Gasteiger charge is -2.16. The Labute approximate surface area is 183 Å². The van der Waals surface area contributed by atoms with Crippen LogP contribution in [-0.2, 0) is 4.79 Å². The second-order valence-corrected chi connectivity index (χ2v) is 6.54. The molecule has 0 radical (unpaired) electrons. The number of nitro benzene ring substituents is 4. The van der Waals surface area contributed by atoms with Gasteiger partial charge in [-0.15, -0.1) is 0 Å². The maximum absolute atomic E-state index is 11.6. The van der Waals surface area contributed by atoms with Crippen molar-refractivity contribution in [2.75, 3.05) is 17.2 Å². The number of rotatable bonds is 12. The lowest BCUT2D eigenvalue weighted by Crippen LogP contribution is -2.30. The Hall–Kier alpha value is -4.89. The first kappa shape index (κ1) is 24.4. The standard InChI is InChI=1S/C17H16N6O10/c24-17(25)14(19-13-6-4-11(21(28)29)9-16(13)23(32)33)2-1-7-18-12-5-3-10(20(26)27)8-15(12)22(30)31/h3-6,8-9,14,18-19H,1-2,7H2,(H,24,25)/t14-/m0/s1. The Bertz CT molecular complexity index is 1120. The van der Waals surface area contributed by atoms with Gasteiger partial charge in [0.2, 0.25) is 0 Å². The zero-order valence-corrected chi connectivity index (χ0v) is 16.6. The molecule has 16 nitrogen and oxygen atoms in total. The topological polar surface area (TPSA) is 234 Å². The monoisotopic (exact) mass is 464 g/mol. The van der Waals surface area contributed by atoms with Gasteiger partial charge in [-0.05, 0) is 25.0 Å². The second-order valence-electron chi connectivity index (χ2n) is 6.54. The van der Waals surface area contributed by atoms with Crippen LogP contribution in [-0.4, -0.2) is 43.4 Å². The Balaban J connectivity index is 2.07. The molecule has 0 spiro atoms. The predicted molar refractivity (Wildman–Crippen MR) is 112 cm³/mol. The molecule has 0 heterocycles. The zero-order chi connectivity index (χ0) is 24.7. The fourth-order valence-corrected chi connectivity index (χ4v) is 2.82. The summed E-state index contributed by atoms with van der Waals surface area (Å²) in [6.07, 6.45) is 0.0656. The first-order valence-corrected chi connectivity index (χ1v) is 9.10. The van der Waals surface area contributed by atoms with Gasteiger partial charge in [0.05, 0.1) is 31.8 Å². The highest BCUT2D eigenvalue weighted by Gasteiger charge is 2.25. The number of nitro groups is 4. The summed E-state index contributed by atoms with van der Waals surface area (Å²) >= 11 is 0. The molecule has 0 bridgehead atoms. The number of carbonyl (C=O) groups is 1. The number of anilines is 2. The number of aliphatic carboxylic acids is 1. The fourth-order valence-electron chi connectivity index (χ4n) is 2.82. The van der Waals surface area contributed by atoms with Crippen molar-refractivity contribution in [3.8, 4) is 0 Å². The fraction of sp³-hybridized carbons (Fsp3) is 0.235. The summed E-state index contributed by atoms with van der Waals surface area (Å²) < 4.78 is 0. The number of nitrogens with one attached hydrogen (secondary N) is 2. The lowest BCUT2D eigenvalue weighted by atomic mass is 10.1. The summed E-state index contributed by atoms with van der Waals surface area (Å²) in [7, 11) is 0. The number of hydrogen-bond acceptors (Lipinski definition) is 11. The van der Waals surface area contributed by atoms with Crippen LogP contribution in [0.1, 0.15) is 12.8 Å². The molecule has 2 aromatic rings. The van der Waals surface area contributed by atoms with E-state index in [-0.39, 0.29) is 30.8 Å². The number of hydrogen-bond donors (Lipinski definition) is 3. The molecule has 0 aromatic heterocycles. The van der Waals surface area contributed by atoms with E-state index in [2.05, 4.69) is 10.6 Å². The summed E-state index contributed by atoms with van der Waals surface area (Å²) in [6, 6.07) is 4.44. The van der Waals surface area contributed by atoms with Crippen LogP contribution in [0.5, 0.6) is 0 Å². The summed E-state index contributed by atoms with van der Waals surface area (Å²) in [5.74, 6) is -1.34. The molecule has 16 heteroatoms. The average molecular weight is 464 g/mol. The van der Waals surface area contributed by atoms with Gasteiger partial charge >= 0.3 is 5.97 Å². The summed E-state index contributed by atoms with van der Waals surface area (Å²) in [5, 5.41) is 58.5. The van der Waals surface area contributed by atoms with Gasteiger partial charge in [-0.2, -0.15) is 0 Å². The number of carboxylic acid groups (broad SMARTS) is 1. The number of nitrogens with zero attached hydrogens (tertiary/aromatic N) is 4. The van der Waals surface area contributed by atoms with Crippen molar-refractivity contribution in [1.29, 1.82) is 0 Å². The maximum Gasteiger partial charge on any atom is 0.326 e. The van der Waals surface area contributed by atoms with E-state index in [1.54, 1.807) is 0 Å². The zero-order valence-electron chi connectivity index (χ0n) is 16.6. The van der Waals surface area contributed by atoms with Gasteiger partial charge < -0.3 is 15.7 Å². The molecule has 0 fully saturated rings. The van der Waals surface area contributed by atoms with E-state index in [0.717, 1.165) is 30.3 Å². The minimum absolute atomic E-state index is 0.00330. The van der Waals surface area contributed by atoms with E-state index in [1.807, 2.05) is 0 Å². The molecule has 0 aliphatic heterocycles. The van der Waals surface area contributed by atoms with Gasteiger partial charge in [-0.25, -0.2) is 4.79 Å². The highest BCUT2D eigenvalue weighted by Crippen LogP contribution is 2.31. The molecule has 2 aromatic carbocycles. The third-order valence-electron chi connectivity index (χ3n) is 4.39. The van der Waals surface area contributed by atoms with Crippen LogP contribution in [0.25, 0.3) is 0 Å². The van der Waals surface area contributed by atoms with Gasteiger partial charge in [0.15, 0.2) is 0 Å². The Morgan fingerprint density at radius 3 is 1.76 bits per heavy atom. The molecule has 1 atom stereocenters. The van der Waals surface area contributed by atoms with Crippen LogP contribution in [0.2, 0.25) is 0 Å². The minimum Gasteiger partial charge on any atom is -0.480 e. The van der Waals surface area contributed by atoms with E-state index in [0.29, 0.717) is 6.07 Å². The van der Waals surface area contributed by atoms with Gasteiger partial charge in [-0.1, -0.05) is 0 Å². The third-order valence-corrected chi connectivity index (χ3v) is 4.39. The van der Waals surface area contributed by atoms with E-state index in [9.17, 15) is 50.4 Å². The van der Waals surface area contributed by atoms with Gasteiger partial charge in [0.25, 0.3) is 22.7 Å². The molecule has 33 heavy (non-hydrogen) atoms. The van der Waals surface area contributed by atoms with E-state index in [4.69, 9.17) is 0 Å². The molecule has 0 unspecified atom stereocenters. The van der Waals surface area contributed by atoms with Crippen molar-refractivity contribution >= 4 is 40.1 Å². The molecule has 2 rings (SSSR count). The van der Waals surface area contributed by atoms with Crippen LogP contribution in [0, 0.1) is 40.5 Å².